The van der Waals surface area contributed by atoms with Crippen LogP contribution in [-0.2, 0) is 11.3 Å². The molecule has 0 bridgehead atoms. The molecule has 1 amide bonds. The maximum Gasteiger partial charge on any atom is 0.410 e. The highest BCUT2D eigenvalue weighted by Crippen LogP contribution is 2.35. The first-order chi connectivity index (χ1) is 16.6. The summed E-state index contributed by atoms with van der Waals surface area (Å²) in [5.74, 6) is 0.259. The zero-order valence-corrected chi connectivity index (χ0v) is 21.4. The number of para-hydroxylation sites is 1. The Morgan fingerprint density at radius 1 is 1.17 bits per heavy atom. The molecule has 1 aliphatic rings. The molecule has 0 fully saturated rings. The van der Waals surface area contributed by atoms with E-state index in [0.29, 0.717) is 13.1 Å². The van der Waals surface area contributed by atoms with E-state index in [9.17, 15) is 9.90 Å². The second-order valence-corrected chi connectivity index (χ2v) is 10.4. The van der Waals surface area contributed by atoms with Gasteiger partial charge >= 0.3 is 6.09 Å². The summed E-state index contributed by atoms with van der Waals surface area (Å²) >= 11 is 0. The van der Waals surface area contributed by atoms with Gasteiger partial charge in [0.2, 0.25) is 0 Å². The Bertz CT molecular complexity index is 1240. The SMILES string of the molecule is CN(C)CCCn1nc2cc(-c3ccccc3O)ccc2c1C1=CCN(C(=O)OC(C)(C)C)CC1. The molecular weight excluding hydrogens is 440 g/mol. The van der Waals surface area contributed by atoms with E-state index in [1.165, 1.54) is 5.57 Å². The summed E-state index contributed by atoms with van der Waals surface area (Å²) in [6.07, 6.45) is 3.58. The number of hydrogen-bond acceptors (Lipinski definition) is 5. The number of amides is 1. The fraction of sp³-hybridized carbons (Fsp3) is 0.429. The molecule has 7 heteroatoms. The van der Waals surface area contributed by atoms with Gasteiger partial charge in [-0.25, -0.2) is 4.79 Å². The summed E-state index contributed by atoms with van der Waals surface area (Å²) in [7, 11) is 4.15. The van der Waals surface area contributed by atoms with E-state index in [-0.39, 0.29) is 11.8 Å². The number of phenolic OH excluding ortho intramolecular Hbond substituents is 1. The number of aromatic hydroxyl groups is 1. The highest BCUT2D eigenvalue weighted by molar-refractivity contribution is 5.94. The maximum atomic E-state index is 12.5. The van der Waals surface area contributed by atoms with Gasteiger partial charge in [0.05, 0.1) is 11.2 Å². The number of carbonyl (C=O) groups is 1. The van der Waals surface area contributed by atoms with Crippen LogP contribution in [-0.4, -0.2) is 70.1 Å². The van der Waals surface area contributed by atoms with Gasteiger partial charge < -0.3 is 19.6 Å². The third kappa shape index (κ3) is 5.85. The van der Waals surface area contributed by atoms with Crippen LogP contribution in [0.15, 0.2) is 48.5 Å². The van der Waals surface area contributed by atoms with Crippen molar-refractivity contribution in [2.45, 2.75) is 45.8 Å². The van der Waals surface area contributed by atoms with Crippen LogP contribution in [0.4, 0.5) is 4.79 Å². The largest absolute Gasteiger partial charge is 0.507 e. The van der Waals surface area contributed by atoms with Gasteiger partial charge in [-0.05, 0) is 83.6 Å². The lowest BCUT2D eigenvalue weighted by Crippen LogP contribution is -2.39. The number of aryl methyl sites for hydroxylation is 1. The third-order valence-electron chi connectivity index (χ3n) is 6.09. The molecule has 0 aliphatic carbocycles. The predicted octanol–water partition coefficient (Wildman–Crippen LogP) is 5.38. The number of carbonyl (C=O) groups excluding carboxylic acids is 1. The van der Waals surface area contributed by atoms with Crippen LogP contribution in [0.25, 0.3) is 27.6 Å². The molecule has 35 heavy (non-hydrogen) atoms. The van der Waals surface area contributed by atoms with Gasteiger partial charge in [0.1, 0.15) is 11.4 Å². The summed E-state index contributed by atoms with van der Waals surface area (Å²) < 4.78 is 7.66. The number of phenols is 1. The Kier molecular flexibility index (Phi) is 7.17. The first-order valence-electron chi connectivity index (χ1n) is 12.2. The molecule has 0 unspecified atom stereocenters. The van der Waals surface area contributed by atoms with Crippen molar-refractivity contribution in [3.05, 3.63) is 54.2 Å². The minimum absolute atomic E-state index is 0.259. The lowest BCUT2D eigenvalue weighted by atomic mass is 9.98. The van der Waals surface area contributed by atoms with Crippen molar-refractivity contribution in [1.82, 2.24) is 19.6 Å². The van der Waals surface area contributed by atoms with Gasteiger partial charge in [-0.1, -0.05) is 30.3 Å². The van der Waals surface area contributed by atoms with E-state index in [1.807, 2.05) is 51.1 Å². The zero-order valence-electron chi connectivity index (χ0n) is 21.4. The molecule has 0 atom stereocenters. The molecule has 4 rings (SSSR count). The minimum Gasteiger partial charge on any atom is -0.507 e. The molecular formula is C28H36N4O3. The molecule has 0 radical (unpaired) electrons. The van der Waals surface area contributed by atoms with Crippen molar-refractivity contribution in [2.24, 2.45) is 0 Å². The summed E-state index contributed by atoms with van der Waals surface area (Å²) in [5, 5.41) is 16.4. The summed E-state index contributed by atoms with van der Waals surface area (Å²) in [4.78, 5) is 16.5. The van der Waals surface area contributed by atoms with Crippen LogP contribution in [0, 0.1) is 0 Å². The Hall–Kier alpha value is -3.32. The number of aromatic nitrogens is 2. The lowest BCUT2D eigenvalue weighted by molar-refractivity contribution is 0.0270. The smallest absolute Gasteiger partial charge is 0.410 e. The molecule has 0 saturated carbocycles. The molecule has 0 saturated heterocycles. The van der Waals surface area contributed by atoms with E-state index in [4.69, 9.17) is 9.84 Å². The topological polar surface area (TPSA) is 70.8 Å². The first kappa shape index (κ1) is 24.8. The van der Waals surface area contributed by atoms with Gasteiger partial charge in [0, 0.05) is 30.6 Å². The Balaban J connectivity index is 1.67. The fourth-order valence-corrected chi connectivity index (χ4v) is 4.43. The van der Waals surface area contributed by atoms with Crippen molar-refractivity contribution < 1.29 is 14.6 Å². The molecule has 1 N–H and O–H groups in total. The Morgan fingerprint density at radius 3 is 2.60 bits per heavy atom. The van der Waals surface area contributed by atoms with Gasteiger partial charge in [-0.3, -0.25) is 4.68 Å². The van der Waals surface area contributed by atoms with Crippen LogP contribution in [0.3, 0.4) is 0 Å². The molecule has 2 aromatic carbocycles. The third-order valence-corrected chi connectivity index (χ3v) is 6.09. The van der Waals surface area contributed by atoms with E-state index in [1.54, 1.807) is 11.0 Å². The van der Waals surface area contributed by atoms with Gasteiger partial charge in [0.15, 0.2) is 0 Å². The standard InChI is InChI=1S/C28H36N4O3/c1-28(2,3)35-27(34)31-17-13-20(14-18-31)26-23-12-11-21(22-9-6-7-10-25(22)33)19-24(23)29-32(26)16-8-15-30(4)5/h6-7,9-13,19,33H,8,14-18H2,1-5H3. The highest BCUT2D eigenvalue weighted by atomic mass is 16.6. The highest BCUT2D eigenvalue weighted by Gasteiger charge is 2.26. The number of benzene rings is 2. The van der Waals surface area contributed by atoms with E-state index < -0.39 is 5.60 Å². The second kappa shape index (κ2) is 10.1. The summed E-state index contributed by atoms with van der Waals surface area (Å²) in [5.41, 5.74) is 4.45. The Morgan fingerprint density at radius 2 is 1.94 bits per heavy atom. The van der Waals surface area contributed by atoms with Crippen molar-refractivity contribution in [1.29, 1.82) is 0 Å². The van der Waals surface area contributed by atoms with Crippen molar-refractivity contribution >= 4 is 22.6 Å². The second-order valence-electron chi connectivity index (χ2n) is 10.4. The van der Waals surface area contributed by atoms with Crippen molar-refractivity contribution in [3.8, 4) is 16.9 Å². The Labute approximate surface area is 207 Å². The van der Waals surface area contributed by atoms with E-state index >= 15 is 0 Å². The van der Waals surface area contributed by atoms with Crippen LogP contribution < -0.4 is 0 Å². The molecule has 1 aliphatic heterocycles. The zero-order chi connectivity index (χ0) is 25.2. The van der Waals surface area contributed by atoms with Crippen molar-refractivity contribution in [3.63, 3.8) is 0 Å². The number of ether oxygens (including phenoxy) is 1. The number of rotatable bonds is 6. The number of fused-ring (bicyclic) bond motifs is 1. The number of hydrogen-bond donors (Lipinski definition) is 1. The summed E-state index contributed by atoms with van der Waals surface area (Å²) in [6.45, 7) is 8.57. The van der Waals surface area contributed by atoms with E-state index in [2.05, 4.69) is 35.8 Å². The molecule has 186 valence electrons. The summed E-state index contributed by atoms with van der Waals surface area (Å²) in [6, 6.07) is 13.6. The molecule has 3 aromatic rings. The fourth-order valence-electron chi connectivity index (χ4n) is 4.43. The molecule has 7 nitrogen and oxygen atoms in total. The average molecular weight is 477 g/mol. The van der Waals surface area contributed by atoms with Gasteiger partial charge in [-0.15, -0.1) is 0 Å². The van der Waals surface area contributed by atoms with Crippen LogP contribution in [0.5, 0.6) is 5.75 Å². The van der Waals surface area contributed by atoms with Crippen molar-refractivity contribution in [2.75, 3.05) is 33.7 Å². The normalized spacial score (nSPS) is 14.5. The average Bonchev–Trinajstić information content (AvgIpc) is 3.15. The minimum atomic E-state index is -0.507. The molecule has 1 aromatic heterocycles. The first-order valence-corrected chi connectivity index (χ1v) is 12.2. The van der Waals surface area contributed by atoms with Gasteiger partial charge in [0.25, 0.3) is 0 Å². The monoisotopic (exact) mass is 476 g/mol. The van der Waals surface area contributed by atoms with Crippen LogP contribution in [0.2, 0.25) is 0 Å². The maximum absolute atomic E-state index is 12.5. The molecule has 0 spiro atoms. The van der Waals surface area contributed by atoms with E-state index in [0.717, 1.165) is 53.7 Å². The number of nitrogens with zero attached hydrogens (tertiary/aromatic N) is 4. The molecule has 2 heterocycles. The van der Waals surface area contributed by atoms with Gasteiger partial charge in [-0.2, -0.15) is 5.10 Å². The quantitative estimate of drug-likeness (QED) is 0.517. The lowest BCUT2D eigenvalue weighted by Gasteiger charge is -2.29. The van der Waals surface area contributed by atoms with Crippen LogP contribution >= 0.6 is 0 Å². The van der Waals surface area contributed by atoms with Crippen LogP contribution in [0.1, 0.15) is 39.3 Å². The predicted molar refractivity (Wildman–Crippen MR) is 140 cm³/mol.